The molecule has 1 aromatic carbocycles. The molecule has 3 rings (SSSR count). The molecule has 0 atom stereocenters. The summed E-state index contributed by atoms with van der Waals surface area (Å²) in [4.78, 5) is 22.1. The second-order valence-electron chi connectivity index (χ2n) is 6.20. The Morgan fingerprint density at radius 3 is 2.75 bits per heavy atom. The molecule has 0 aliphatic carbocycles. The molecule has 2 heterocycles. The van der Waals surface area contributed by atoms with Crippen molar-refractivity contribution in [1.82, 2.24) is 14.5 Å². The molecule has 0 aliphatic rings. The minimum atomic E-state index is 0.0539. The summed E-state index contributed by atoms with van der Waals surface area (Å²) in [7, 11) is 0. The fraction of sp³-hybridized carbons (Fsp3) is 0.389. The average molecular weight is 360 g/mol. The van der Waals surface area contributed by atoms with Crippen LogP contribution in [0.5, 0.6) is 0 Å². The van der Waals surface area contributed by atoms with Gasteiger partial charge < -0.3 is 0 Å². The lowest BCUT2D eigenvalue weighted by atomic mass is 10.1. The maximum absolute atomic E-state index is 12.9. The van der Waals surface area contributed by atoms with Gasteiger partial charge in [-0.15, -0.1) is 11.3 Å². The van der Waals surface area contributed by atoms with Gasteiger partial charge in [-0.2, -0.15) is 0 Å². The van der Waals surface area contributed by atoms with Gasteiger partial charge in [0.1, 0.15) is 0 Å². The van der Waals surface area contributed by atoms with Crippen molar-refractivity contribution in [2.75, 3.05) is 0 Å². The lowest BCUT2D eigenvalue weighted by Gasteiger charge is -2.14. The molecule has 3 aromatic rings. The Hall–Kier alpha value is -1.66. The maximum atomic E-state index is 12.9. The van der Waals surface area contributed by atoms with E-state index in [1.807, 2.05) is 35.8 Å². The first-order valence-corrected chi connectivity index (χ1v) is 9.94. The van der Waals surface area contributed by atoms with Crippen LogP contribution < -0.4 is 5.56 Å². The van der Waals surface area contributed by atoms with E-state index in [9.17, 15) is 4.79 Å². The summed E-state index contributed by atoms with van der Waals surface area (Å²) in [5.41, 5.74) is 1.86. The van der Waals surface area contributed by atoms with Crippen LogP contribution in [0.25, 0.3) is 10.9 Å². The number of fused-ring (bicyclic) bond motifs is 1. The molecule has 0 unspecified atom stereocenters. The zero-order valence-corrected chi connectivity index (χ0v) is 15.8. The van der Waals surface area contributed by atoms with Crippen LogP contribution in [0.2, 0.25) is 0 Å². The number of hydrogen-bond acceptors (Lipinski definition) is 5. The Morgan fingerprint density at radius 2 is 2.04 bits per heavy atom. The first-order chi connectivity index (χ1) is 11.5. The Bertz CT molecular complexity index is 899. The zero-order valence-electron chi connectivity index (χ0n) is 14.2. The molecule has 0 bridgehead atoms. The molecule has 0 spiro atoms. The van der Waals surface area contributed by atoms with Gasteiger partial charge in [0.25, 0.3) is 5.56 Å². The zero-order chi connectivity index (χ0) is 17.1. The predicted molar refractivity (Wildman–Crippen MR) is 102 cm³/mol. The molecule has 0 saturated heterocycles. The Balaban J connectivity index is 1.96. The smallest absolute Gasteiger partial charge is 0.262 e. The summed E-state index contributed by atoms with van der Waals surface area (Å²) in [6.07, 6.45) is 0.962. The molecule has 24 heavy (non-hydrogen) atoms. The van der Waals surface area contributed by atoms with Gasteiger partial charge in [-0.1, -0.05) is 37.7 Å². The fourth-order valence-electron chi connectivity index (χ4n) is 2.46. The second kappa shape index (κ2) is 7.49. The predicted octanol–water partition coefficient (Wildman–Crippen LogP) is 4.50. The van der Waals surface area contributed by atoms with Crippen molar-refractivity contribution < 1.29 is 0 Å². The average Bonchev–Trinajstić information content (AvgIpc) is 2.97. The summed E-state index contributed by atoms with van der Waals surface area (Å²) in [6, 6.07) is 7.57. The standard InChI is InChI=1S/C18H21N3OS2/c1-12(2)8-9-21-17(22)15-6-4-5-7-16(15)20-18(21)24-11-14-10-23-13(3)19-14/h4-7,10,12H,8-9,11H2,1-3H3. The SMILES string of the molecule is Cc1nc(CSc2nc3ccccc3c(=O)n2CCC(C)C)cs1. The highest BCUT2D eigenvalue weighted by molar-refractivity contribution is 7.98. The van der Waals surface area contributed by atoms with Gasteiger partial charge in [0.2, 0.25) is 0 Å². The first kappa shape index (κ1) is 17.2. The summed E-state index contributed by atoms with van der Waals surface area (Å²) in [6.45, 7) is 7.05. The Kier molecular flexibility index (Phi) is 5.36. The van der Waals surface area contributed by atoms with E-state index in [2.05, 4.69) is 24.2 Å². The van der Waals surface area contributed by atoms with Crippen LogP contribution in [0.15, 0.2) is 39.6 Å². The van der Waals surface area contributed by atoms with Crippen LogP contribution in [0, 0.1) is 12.8 Å². The van der Waals surface area contributed by atoms with Crippen LogP contribution in [0.3, 0.4) is 0 Å². The molecule has 0 saturated carbocycles. The van der Waals surface area contributed by atoms with Gasteiger partial charge in [0.15, 0.2) is 5.16 Å². The Labute approximate surface area is 150 Å². The third-order valence-corrected chi connectivity index (χ3v) is 5.60. The summed E-state index contributed by atoms with van der Waals surface area (Å²) < 4.78 is 1.83. The lowest BCUT2D eigenvalue weighted by molar-refractivity contribution is 0.481. The minimum Gasteiger partial charge on any atom is -0.287 e. The molecular formula is C18H21N3OS2. The number of rotatable bonds is 6. The van der Waals surface area contributed by atoms with Gasteiger partial charge in [0, 0.05) is 17.7 Å². The molecule has 0 N–H and O–H groups in total. The highest BCUT2D eigenvalue weighted by atomic mass is 32.2. The number of para-hydroxylation sites is 1. The third kappa shape index (κ3) is 3.87. The molecule has 0 radical (unpaired) electrons. The fourth-order valence-corrected chi connectivity index (χ4v) is 4.09. The number of aromatic nitrogens is 3. The van der Waals surface area contributed by atoms with E-state index in [-0.39, 0.29) is 5.56 Å². The summed E-state index contributed by atoms with van der Waals surface area (Å²) in [5.74, 6) is 1.28. The van der Waals surface area contributed by atoms with Gasteiger partial charge in [-0.3, -0.25) is 9.36 Å². The number of hydrogen-bond donors (Lipinski definition) is 0. The topological polar surface area (TPSA) is 47.8 Å². The first-order valence-electron chi connectivity index (χ1n) is 8.08. The third-order valence-electron chi connectivity index (χ3n) is 3.77. The summed E-state index contributed by atoms with van der Waals surface area (Å²) >= 11 is 3.24. The number of benzene rings is 1. The van der Waals surface area contributed by atoms with E-state index < -0.39 is 0 Å². The van der Waals surface area contributed by atoms with Crippen molar-refractivity contribution in [1.29, 1.82) is 0 Å². The van der Waals surface area contributed by atoms with Crippen molar-refractivity contribution in [3.8, 4) is 0 Å². The monoisotopic (exact) mass is 359 g/mol. The van der Waals surface area contributed by atoms with Crippen molar-refractivity contribution in [2.24, 2.45) is 5.92 Å². The molecule has 0 amide bonds. The van der Waals surface area contributed by atoms with Gasteiger partial charge in [-0.25, -0.2) is 9.97 Å². The van der Waals surface area contributed by atoms with E-state index >= 15 is 0 Å². The Morgan fingerprint density at radius 1 is 1.25 bits per heavy atom. The number of thiazole rings is 1. The largest absolute Gasteiger partial charge is 0.287 e. The van der Waals surface area contributed by atoms with E-state index in [0.29, 0.717) is 17.8 Å². The molecular weight excluding hydrogens is 338 g/mol. The molecule has 0 fully saturated rings. The van der Waals surface area contributed by atoms with E-state index in [0.717, 1.165) is 33.5 Å². The summed E-state index contributed by atoms with van der Waals surface area (Å²) in [5, 5.41) is 4.61. The van der Waals surface area contributed by atoms with Crippen LogP contribution in [0.1, 0.15) is 31.0 Å². The number of aryl methyl sites for hydroxylation is 1. The molecule has 2 aromatic heterocycles. The van der Waals surface area contributed by atoms with E-state index in [4.69, 9.17) is 4.98 Å². The highest BCUT2D eigenvalue weighted by Crippen LogP contribution is 2.23. The number of nitrogens with zero attached hydrogens (tertiary/aromatic N) is 3. The van der Waals surface area contributed by atoms with Crippen molar-refractivity contribution in [3.63, 3.8) is 0 Å². The van der Waals surface area contributed by atoms with Crippen molar-refractivity contribution in [2.45, 2.75) is 44.6 Å². The molecule has 4 nitrogen and oxygen atoms in total. The van der Waals surface area contributed by atoms with Crippen molar-refractivity contribution in [3.05, 3.63) is 50.7 Å². The maximum Gasteiger partial charge on any atom is 0.262 e. The molecule has 126 valence electrons. The van der Waals surface area contributed by atoms with Crippen LogP contribution in [-0.2, 0) is 12.3 Å². The van der Waals surface area contributed by atoms with Crippen molar-refractivity contribution >= 4 is 34.0 Å². The lowest BCUT2D eigenvalue weighted by Crippen LogP contribution is -2.24. The van der Waals surface area contributed by atoms with Gasteiger partial charge in [0.05, 0.1) is 21.6 Å². The van der Waals surface area contributed by atoms with Crippen LogP contribution in [-0.4, -0.2) is 14.5 Å². The molecule has 6 heteroatoms. The van der Waals surface area contributed by atoms with E-state index in [1.54, 1.807) is 23.1 Å². The normalized spacial score (nSPS) is 11.5. The van der Waals surface area contributed by atoms with Gasteiger partial charge in [-0.05, 0) is 31.4 Å². The second-order valence-corrected chi connectivity index (χ2v) is 8.20. The highest BCUT2D eigenvalue weighted by Gasteiger charge is 2.12. The quantitative estimate of drug-likeness (QED) is 0.480. The van der Waals surface area contributed by atoms with Crippen LogP contribution >= 0.6 is 23.1 Å². The van der Waals surface area contributed by atoms with Gasteiger partial charge >= 0.3 is 0 Å². The van der Waals surface area contributed by atoms with E-state index in [1.165, 1.54) is 0 Å². The molecule has 0 aliphatic heterocycles. The minimum absolute atomic E-state index is 0.0539. The number of thioether (sulfide) groups is 1. The van der Waals surface area contributed by atoms with Crippen LogP contribution in [0.4, 0.5) is 0 Å².